The summed E-state index contributed by atoms with van der Waals surface area (Å²) >= 11 is 1.11. The van der Waals surface area contributed by atoms with Crippen LogP contribution in [0, 0.1) is 3.57 Å². The summed E-state index contributed by atoms with van der Waals surface area (Å²) in [4.78, 5) is 10.3. The summed E-state index contributed by atoms with van der Waals surface area (Å²) in [6.45, 7) is 0. The second-order valence-electron chi connectivity index (χ2n) is 3.03. The van der Waals surface area contributed by atoms with Crippen LogP contribution in [0.15, 0.2) is 0 Å². The zero-order chi connectivity index (χ0) is 14.3. The van der Waals surface area contributed by atoms with E-state index >= 15 is 0 Å². The normalized spacial score (nSPS) is 12.6. The molecule has 0 aliphatic rings. The molecule has 1 N–H and O–H groups in total. The number of ether oxygens (including phenoxy) is 1. The SMILES string of the molecule is Cn1nc(C(F)(F)C(F)(F)F)c(I)c1OC(=O)O. The van der Waals surface area contributed by atoms with Gasteiger partial charge < -0.3 is 9.84 Å². The van der Waals surface area contributed by atoms with Gasteiger partial charge in [-0.25, -0.2) is 9.48 Å². The molecule has 1 aromatic heterocycles. The predicted octanol–water partition coefficient (Wildman–Crippen LogP) is 2.74. The first-order chi connectivity index (χ1) is 7.98. The van der Waals surface area contributed by atoms with Crippen molar-refractivity contribution in [3.05, 3.63) is 9.26 Å². The average Bonchev–Trinajstić information content (AvgIpc) is 2.43. The Labute approximate surface area is 110 Å². The van der Waals surface area contributed by atoms with Crippen LogP contribution in [0.3, 0.4) is 0 Å². The molecule has 5 nitrogen and oxygen atoms in total. The molecule has 0 atom stereocenters. The number of carboxylic acid groups (broad SMARTS) is 1. The van der Waals surface area contributed by atoms with E-state index in [2.05, 4.69) is 9.84 Å². The van der Waals surface area contributed by atoms with Crippen LogP contribution in [0.25, 0.3) is 0 Å². The van der Waals surface area contributed by atoms with Gasteiger partial charge in [0.1, 0.15) is 3.57 Å². The highest BCUT2D eigenvalue weighted by atomic mass is 127. The Hall–Kier alpha value is -1.14. The molecule has 102 valence electrons. The number of hydrogen-bond acceptors (Lipinski definition) is 3. The maximum absolute atomic E-state index is 13.0. The highest BCUT2D eigenvalue weighted by Gasteiger charge is 2.61. The van der Waals surface area contributed by atoms with Crippen molar-refractivity contribution in [1.82, 2.24) is 9.78 Å². The number of rotatable bonds is 2. The summed E-state index contributed by atoms with van der Waals surface area (Å²) in [5, 5.41) is 11.3. The number of alkyl halides is 5. The number of nitrogens with zero attached hydrogens (tertiary/aromatic N) is 2. The Morgan fingerprint density at radius 3 is 2.28 bits per heavy atom. The Morgan fingerprint density at radius 1 is 1.39 bits per heavy atom. The van der Waals surface area contributed by atoms with Gasteiger partial charge in [0.2, 0.25) is 5.88 Å². The molecule has 1 heterocycles. The number of aromatic nitrogens is 2. The molecule has 0 bridgehead atoms. The molecule has 1 rings (SSSR count). The third-order valence-corrected chi connectivity index (χ3v) is 2.75. The summed E-state index contributed by atoms with van der Waals surface area (Å²) in [5.74, 6) is -5.90. The van der Waals surface area contributed by atoms with E-state index in [1.54, 1.807) is 0 Å². The molecule has 18 heavy (non-hydrogen) atoms. The highest BCUT2D eigenvalue weighted by molar-refractivity contribution is 14.1. The fourth-order valence-corrected chi connectivity index (χ4v) is 1.92. The lowest BCUT2D eigenvalue weighted by Gasteiger charge is -2.17. The summed E-state index contributed by atoms with van der Waals surface area (Å²) in [6.07, 6.45) is -7.68. The minimum Gasteiger partial charge on any atom is -0.449 e. The van der Waals surface area contributed by atoms with Gasteiger partial charge in [-0.2, -0.15) is 27.1 Å². The summed E-state index contributed by atoms with van der Waals surface area (Å²) in [6, 6.07) is 0. The van der Waals surface area contributed by atoms with Crippen molar-refractivity contribution in [1.29, 1.82) is 0 Å². The molecule has 0 aliphatic carbocycles. The lowest BCUT2D eigenvalue weighted by atomic mass is 10.2. The molecule has 0 aliphatic heterocycles. The van der Waals surface area contributed by atoms with Crippen LogP contribution >= 0.6 is 22.6 Å². The maximum atomic E-state index is 13.0. The van der Waals surface area contributed by atoms with Crippen molar-refractivity contribution < 1.29 is 36.6 Å². The molecular weight excluding hydrogens is 382 g/mol. The first kappa shape index (κ1) is 14.9. The zero-order valence-corrected chi connectivity index (χ0v) is 10.6. The predicted molar refractivity (Wildman–Crippen MR) is 54.5 cm³/mol. The van der Waals surface area contributed by atoms with Crippen LogP contribution in [-0.2, 0) is 13.0 Å². The molecule has 0 aromatic carbocycles. The van der Waals surface area contributed by atoms with E-state index in [9.17, 15) is 26.7 Å². The van der Waals surface area contributed by atoms with E-state index in [4.69, 9.17) is 5.11 Å². The fourth-order valence-electron chi connectivity index (χ4n) is 1.01. The van der Waals surface area contributed by atoms with Crippen LogP contribution in [0.5, 0.6) is 5.88 Å². The van der Waals surface area contributed by atoms with Gasteiger partial charge >= 0.3 is 18.3 Å². The van der Waals surface area contributed by atoms with Gasteiger partial charge in [0, 0.05) is 7.05 Å². The molecule has 0 saturated heterocycles. The number of hydrogen-bond donors (Lipinski definition) is 1. The molecule has 0 radical (unpaired) electrons. The van der Waals surface area contributed by atoms with Crippen molar-refractivity contribution >= 4 is 28.7 Å². The molecule has 1 aromatic rings. The summed E-state index contributed by atoms with van der Waals surface area (Å²) in [5.41, 5.74) is -1.60. The quantitative estimate of drug-likeness (QED) is 0.483. The van der Waals surface area contributed by atoms with Gasteiger partial charge in [0.25, 0.3) is 0 Å². The molecular formula is C7H4F5IN2O3. The largest absolute Gasteiger partial charge is 0.512 e. The Bertz CT molecular complexity index is 484. The van der Waals surface area contributed by atoms with Gasteiger partial charge in [-0.05, 0) is 22.6 Å². The molecule has 0 spiro atoms. The molecule has 0 unspecified atom stereocenters. The second-order valence-corrected chi connectivity index (χ2v) is 4.11. The van der Waals surface area contributed by atoms with Crippen LogP contribution in [-0.4, -0.2) is 27.2 Å². The van der Waals surface area contributed by atoms with Crippen LogP contribution < -0.4 is 4.74 Å². The number of halogens is 6. The third-order valence-electron chi connectivity index (χ3n) is 1.78. The fraction of sp³-hybridized carbons (Fsp3) is 0.429. The standard InChI is InChI=1S/C7H4F5IN2O3/c1-15-4(18-5(16)17)2(13)3(14-15)6(8,9)7(10,11)12/h1H3,(H,16,17). The van der Waals surface area contributed by atoms with Crippen molar-refractivity contribution in [3.8, 4) is 5.88 Å². The monoisotopic (exact) mass is 386 g/mol. The van der Waals surface area contributed by atoms with Crippen molar-refractivity contribution in [3.63, 3.8) is 0 Å². The first-order valence-electron chi connectivity index (χ1n) is 4.06. The number of aryl methyl sites for hydroxylation is 1. The van der Waals surface area contributed by atoms with Gasteiger partial charge in [-0.1, -0.05) is 0 Å². The minimum atomic E-state index is -5.83. The van der Waals surface area contributed by atoms with E-state index < -0.39 is 33.4 Å². The van der Waals surface area contributed by atoms with Crippen molar-refractivity contribution in [2.75, 3.05) is 0 Å². The topological polar surface area (TPSA) is 64.4 Å². The van der Waals surface area contributed by atoms with Crippen molar-refractivity contribution in [2.24, 2.45) is 7.05 Å². The van der Waals surface area contributed by atoms with E-state index in [0.717, 1.165) is 29.6 Å². The zero-order valence-electron chi connectivity index (χ0n) is 8.43. The molecule has 0 saturated carbocycles. The van der Waals surface area contributed by atoms with Gasteiger partial charge in [0.15, 0.2) is 5.69 Å². The van der Waals surface area contributed by atoms with E-state index in [1.165, 1.54) is 0 Å². The third kappa shape index (κ3) is 2.49. The Balaban J connectivity index is 3.33. The minimum absolute atomic E-state index is 0.491. The first-order valence-corrected chi connectivity index (χ1v) is 5.14. The Kier molecular flexibility index (Phi) is 3.74. The molecule has 11 heteroatoms. The molecule has 0 amide bonds. The van der Waals surface area contributed by atoms with Crippen LogP contribution in [0.4, 0.5) is 26.7 Å². The molecule has 0 fully saturated rings. The van der Waals surface area contributed by atoms with E-state index in [0.29, 0.717) is 4.68 Å². The Morgan fingerprint density at radius 2 is 1.89 bits per heavy atom. The van der Waals surface area contributed by atoms with Crippen LogP contribution in [0.1, 0.15) is 5.69 Å². The number of carbonyl (C=O) groups is 1. The second kappa shape index (κ2) is 4.51. The summed E-state index contributed by atoms with van der Waals surface area (Å²) in [7, 11) is 0.983. The van der Waals surface area contributed by atoms with E-state index in [1.807, 2.05) is 0 Å². The summed E-state index contributed by atoms with van der Waals surface area (Å²) < 4.78 is 66.4. The lowest BCUT2D eigenvalue weighted by molar-refractivity contribution is -0.291. The maximum Gasteiger partial charge on any atom is 0.512 e. The van der Waals surface area contributed by atoms with Gasteiger partial charge in [-0.15, -0.1) is 0 Å². The van der Waals surface area contributed by atoms with E-state index in [-0.39, 0.29) is 0 Å². The van der Waals surface area contributed by atoms with Crippen LogP contribution in [0.2, 0.25) is 0 Å². The van der Waals surface area contributed by atoms with Crippen molar-refractivity contribution in [2.45, 2.75) is 12.1 Å². The highest BCUT2D eigenvalue weighted by Crippen LogP contribution is 2.46. The smallest absolute Gasteiger partial charge is 0.449 e. The van der Waals surface area contributed by atoms with Gasteiger partial charge in [0.05, 0.1) is 0 Å². The average molecular weight is 386 g/mol. The lowest BCUT2D eigenvalue weighted by Crippen LogP contribution is -2.34. The van der Waals surface area contributed by atoms with Gasteiger partial charge in [-0.3, -0.25) is 0 Å².